The Morgan fingerprint density at radius 3 is 2.65 bits per heavy atom. The fourth-order valence-electron chi connectivity index (χ4n) is 4.51. The van der Waals surface area contributed by atoms with E-state index in [0.29, 0.717) is 47.3 Å². The van der Waals surface area contributed by atoms with Crippen LogP contribution in [0.4, 0.5) is 5.69 Å². The molecule has 0 N–H and O–H groups in total. The summed E-state index contributed by atoms with van der Waals surface area (Å²) in [5.41, 5.74) is 1.61. The molecule has 2 aliphatic heterocycles. The summed E-state index contributed by atoms with van der Waals surface area (Å²) in [6.45, 7) is 4.12. The minimum Gasteiger partial charge on any atom is -0.376 e. The second-order valence-corrected chi connectivity index (χ2v) is 9.98. The van der Waals surface area contributed by atoms with Gasteiger partial charge in [-0.3, -0.25) is 14.2 Å². The minimum absolute atomic E-state index is 0.00892. The molecule has 1 unspecified atom stereocenters. The summed E-state index contributed by atoms with van der Waals surface area (Å²) in [6, 6.07) is 15.4. The van der Waals surface area contributed by atoms with Crippen LogP contribution in [0.25, 0.3) is 10.9 Å². The highest BCUT2D eigenvalue weighted by Crippen LogP contribution is 2.23. The van der Waals surface area contributed by atoms with Crippen LogP contribution < -0.4 is 10.5 Å². The van der Waals surface area contributed by atoms with Gasteiger partial charge >= 0.3 is 0 Å². The van der Waals surface area contributed by atoms with E-state index in [2.05, 4.69) is 17.0 Å². The Hall–Kier alpha value is -2.55. The number of carbonyl (C=O) groups is 1. The highest BCUT2D eigenvalue weighted by molar-refractivity contribution is 7.99. The molecule has 5 rings (SSSR count). The van der Waals surface area contributed by atoms with E-state index in [9.17, 15) is 9.59 Å². The number of anilines is 1. The van der Waals surface area contributed by atoms with Gasteiger partial charge in [0.25, 0.3) is 5.56 Å². The van der Waals surface area contributed by atoms with Gasteiger partial charge < -0.3 is 14.5 Å². The highest BCUT2D eigenvalue weighted by atomic mass is 35.5. The molecule has 2 aromatic carbocycles. The van der Waals surface area contributed by atoms with Crippen molar-refractivity contribution in [3.05, 3.63) is 63.9 Å². The van der Waals surface area contributed by atoms with Crippen molar-refractivity contribution in [1.82, 2.24) is 14.5 Å². The first-order valence-electron chi connectivity index (χ1n) is 11.6. The van der Waals surface area contributed by atoms with Crippen molar-refractivity contribution in [3.63, 3.8) is 0 Å². The molecule has 1 amide bonds. The number of amides is 1. The third-order valence-corrected chi connectivity index (χ3v) is 7.57. The topological polar surface area (TPSA) is 67.7 Å². The van der Waals surface area contributed by atoms with E-state index in [1.54, 1.807) is 22.8 Å². The second-order valence-electron chi connectivity index (χ2n) is 8.60. The molecule has 2 aliphatic rings. The molecule has 0 aliphatic carbocycles. The van der Waals surface area contributed by atoms with Gasteiger partial charge in [-0.15, -0.1) is 0 Å². The van der Waals surface area contributed by atoms with Crippen molar-refractivity contribution < 1.29 is 9.53 Å². The van der Waals surface area contributed by atoms with Crippen LogP contribution in [-0.4, -0.2) is 65.0 Å². The number of hydrogen-bond acceptors (Lipinski definition) is 6. The van der Waals surface area contributed by atoms with E-state index in [1.165, 1.54) is 17.4 Å². The van der Waals surface area contributed by atoms with Gasteiger partial charge in [0, 0.05) is 43.5 Å². The number of piperazine rings is 1. The number of nitrogens with zero attached hydrogens (tertiary/aromatic N) is 4. The van der Waals surface area contributed by atoms with Crippen LogP contribution in [0.3, 0.4) is 0 Å². The molecule has 3 heterocycles. The molecule has 7 nitrogen and oxygen atoms in total. The molecule has 2 fully saturated rings. The molecule has 9 heteroatoms. The maximum absolute atomic E-state index is 13.3. The summed E-state index contributed by atoms with van der Waals surface area (Å²) < 4.78 is 7.43. The zero-order valence-corrected chi connectivity index (χ0v) is 20.4. The summed E-state index contributed by atoms with van der Waals surface area (Å²) in [5, 5.41) is 1.58. The Morgan fingerprint density at radius 1 is 1.12 bits per heavy atom. The maximum Gasteiger partial charge on any atom is 0.262 e. The summed E-state index contributed by atoms with van der Waals surface area (Å²) in [5.74, 6) is 0.289. The van der Waals surface area contributed by atoms with Crippen LogP contribution in [0, 0.1) is 0 Å². The lowest BCUT2D eigenvalue weighted by molar-refractivity contribution is -0.128. The molecule has 0 radical (unpaired) electrons. The van der Waals surface area contributed by atoms with Gasteiger partial charge in [0.05, 0.1) is 29.3 Å². The molecule has 1 aromatic heterocycles. The van der Waals surface area contributed by atoms with Gasteiger partial charge in [-0.05, 0) is 43.2 Å². The Bertz CT molecular complexity index is 1220. The summed E-state index contributed by atoms with van der Waals surface area (Å²) >= 11 is 7.46. The number of rotatable bonds is 6. The molecule has 3 aromatic rings. The zero-order valence-electron chi connectivity index (χ0n) is 18.9. The standard InChI is InChI=1S/C25H27ClN4O3S/c26-18-8-9-21-22(15-18)27-25(30(24(21)32)16-20-7-4-14-33-20)34-17-23(31)29-12-10-28(11-13-29)19-5-2-1-3-6-19/h1-3,5-6,8-9,15,20H,4,7,10-14,16-17H2. The molecular formula is C25H27ClN4O3S. The third kappa shape index (κ3) is 5.09. The Morgan fingerprint density at radius 2 is 1.91 bits per heavy atom. The van der Waals surface area contributed by atoms with E-state index < -0.39 is 0 Å². The van der Waals surface area contributed by atoms with Crippen LogP contribution in [0.5, 0.6) is 0 Å². The maximum atomic E-state index is 13.3. The predicted octanol–water partition coefficient (Wildman–Crippen LogP) is 3.67. The van der Waals surface area contributed by atoms with Crippen molar-refractivity contribution >= 4 is 45.9 Å². The van der Waals surface area contributed by atoms with Crippen LogP contribution in [0.1, 0.15) is 12.8 Å². The molecular weight excluding hydrogens is 472 g/mol. The highest BCUT2D eigenvalue weighted by Gasteiger charge is 2.24. The van der Waals surface area contributed by atoms with Gasteiger partial charge in [0.15, 0.2) is 5.16 Å². The van der Waals surface area contributed by atoms with Gasteiger partial charge in [0.1, 0.15) is 0 Å². The van der Waals surface area contributed by atoms with Crippen molar-refractivity contribution in [1.29, 1.82) is 0 Å². The first-order chi connectivity index (χ1) is 16.6. The Balaban J connectivity index is 1.30. The number of fused-ring (bicyclic) bond motifs is 1. The second kappa shape index (κ2) is 10.4. The first kappa shape index (κ1) is 23.2. The summed E-state index contributed by atoms with van der Waals surface area (Å²) in [4.78, 5) is 35.2. The molecule has 0 saturated carbocycles. The molecule has 1 atom stereocenters. The van der Waals surface area contributed by atoms with Gasteiger partial charge in [-0.25, -0.2) is 4.98 Å². The lowest BCUT2D eigenvalue weighted by atomic mass is 10.2. The fourth-order valence-corrected chi connectivity index (χ4v) is 5.59. The van der Waals surface area contributed by atoms with Crippen LogP contribution >= 0.6 is 23.4 Å². The van der Waals surface area contributed by atoms with Crippen molar-refractivity contribution in [2.24, 2.45) is 0 Å². The lowest BCUT2D eigenvalue weighted by Crippen LogP contribution is -2.49. The number of hydrogen-bond donors (Lipinski definition) is 0. The monoisotopic (exact) mass is 498 g/mol. The average molecular weight is 499 g/mol. The van der Waals surface area contributed by atoms with Crippen LogP contribution in [-0.2, 0) is 16.1 Å². The Labute approximate surface area is 207 Å². The van der Waals surface area contributed by atoms with E-state index >= 15 is 0 Å². The van der Waals surface area contributed by atoms with Crippen LogP contribution in [0.15, 0.2) is 58.5 Å². The van der Waals surface area contributed by atoms with Crippen molar-refractivity contribution in [2.75, 3.05) is 43.4 Å². The largest absolute Gasteiger partial charge is 0.376 e. The molecule has 34 heavy (non-hydrogen) atoms. The fraction of sp³-hybridized carbons (Fsp3) is 0.400. The average Bonchev–Trinajstić information content (AvgIpc) is 3.38. The molecule has 2 saturated heterocycles. The smallest absolute Gasteiger partial charge is 0.262 e. The molecule has 178 valence electrons. The van der Waals surface area contributed by atoms with Gasteiger partial charge in [-0.2, -0.15) is 0 Å². The van der Waals surface area contributed by atoms with E-state index in [4.69, 9.17) is 21.3 Å². The normalized spacial score (nSPS) is 18.6. The minimum atomic E-state index is -0.122. The quantitative estimate of drug-likeness (QED) is 0.381. The first-order valence-corrected chi connectivity index (χ1v) is 13.0. The number of para-hydroxylation sites is 1. The third-order valence-electron chi connectivity index (χ3n) is 6.37. The number of benzene rings is 2. The number of carbonyl (C=O) groups excluding carboxylic acids is 1. The van der Waals surface area contributed by atoms with E-state index in [1.807, 2.05) is 23.1 Å². The number of thioether (sulfide) groups is 1. The van der Waals surface area contributed by atoms with Crippen molar-refractivity contribution in [3.8, 4) is 0 Å². The van der Waals surface area contributed by atoms with E-state index in [0.717, 1.165) is 25.9 Å². The van der Waals surface area contributed by atoms with Gasteiger partial charge in [0.2, 0.25) is 5.91 Å². The van der Waals surface area contributed by atoms with Crippen LogP contribution in [0.2, 0.25) is 5.02 Å². The van der Waals surface area contributed by atoms with Gasteiger partial charge in [-0.1, -0.05) is 41.6 Å². The number of halogens is 1. The molecule has 0 spiro atoms. The zero-order chi connectivity index (χ0) is 23.5. The van der Waals surface area contributed by atoms with E-state index in [-0.39, 0.29) is 23.3 Å². The lowest BCUT2D eigenvalue weighted by Gasteiger charge is -2.36. The molecule has 0 bridgehead atoms. The summed E-state index contributed by atoms with van der Waals surface area (Å²) in [7, 11) is 0. The predicted molar refractivity (Wildman–Crippen MR) is 136 cm³/mol. The number of ether oxygens (including phenoxy) is 1. The number of aromatic nitrogens is 2. The Kier molecular flexibility index (Phi) is 7.08. The summed E-state index contributed by atoms with van der Waals surface area (Å²) in [6.07, 6.45) is 1.90. The SMILES string of the molecule is O=C(CSc1nc2cc(Cl)ccc2c(=O)n1CC1CCCO1)N1CCN(c2ccccc2)CC1. The van der Waals surface area contributed by atoms with Crippen molar-refractivity contribution in [2.45, 2.75) is 30.6 Å².